The Labute approximate surface area is 150 Å². The molecule has 0 aliphatic heterocycles. The highest BCUT2D eigenvalue weighted by molar-refractivity contribution is 7.18. The number of aliphatic hydroxyl groups is 1. The van der Waals surface area contributed by atoms with Crippen LogP contribution in [0.4, 0.5) is 13.2 Å². The van der Waals surface area contributed by atoms with Crippen molar-refractivity contribution in [2.24, 2.45) is 0 Å². The van der Waals surface area contributed by atoms with E-state index in [1.807, 2.05) is 0 Å². The van der Waals surface area contributed by atoms with Gasteiger partial charge in [-0.3, -0.25) is 4.79 Å². The van der Waals surface area contributed by atoms with E-state index in [9.17, 15) is 27.9 Å². The predicted molar refractivity (Wildman–Crippen MR) is 88.7 cm³/mol. The first-order valence-electron chi connectivity index (χ1n) is 7.46. The first kappa shape index (κ1) is 20.1. The van der Waals surface area contributed by atoms with Crippen LogP contribution in [0.2, 0.25) is 0 Å². The first-order valence-corrected chi connectivity index (χ1v) is 8.27. The van der Waals surface area contributed by atoms with Crippen molar-refractivity contribution in [1.82, 2.24) is 9.88 Å². The number of aromatic nitrogens is 1. The summed E-state index contributed by atoms with van der Waals surface area (Å²) in [5, 5.41) is 18.8. The molecule has 1 unspecified atom stereocenters. The van der Waals surface area contributed by atoms with E-state index in [2.05, 4.69) is 4.98 Å². The van der Waals surface area contributed by atoms with Gasteiger partial charge >= 0.3 is 12.1 Å². The van der Waals surface area contributed by atoms with Crippen LogP contribution in [-0.4, -0.2) is 50.7 Å². The minimum Gasteiger partial charge on any atom is -0.480 e. The number of carboxylic acid groups (broad SMARTS) is 1. The molecule has 2 aromatic rings. The van der Waals surface area contributed by atoms with E-state index in [-0.39, 0.29) is 5.52 Å². The van der Waals surface area contributed by atoms with Crippen LogP contribution >= 0.6 is 11.3 Å². The summed E-state index contributed by atoms with van der Waals surface area (Å²) in [6.07, 6.45) is -6.55. The number of para-hydroxylation sites is 1. The minimum absolute atomic E-state index is 0.266. The number of carbonyl (C=O) groups excluding carboxylic acids is 1. The third-order valence-corrected chi connectivity index (χ3v) is 5.45. The second-order valence-electron chi connectivity index (χ2n) is 6.34. The number of carboxylic acids is 1. The van der Waals surface area contributed by atoms with Crippen LogP contribution in [0.5, 0.6) is 0 Å². The number of nitrogens with zero attached hydrogens (tertiary/aromatic N) is 2. The molecule has 0 spiro atoms. The monoisotopic (exact) mass is 390 g/mol. The molecule has 2 N–H and O–H groups in total. The van der Waals surface area contributed by atoms with Gasteiger partial charge in [-0.05, 0) is 26.0 Å². The van der Waals surface area contributed by atoms with Crippen LogP contribution in [0.25, 0.3) is 10.2 Å². The third kappa shape index (κ3) is 3.38. The topological polar surface area (TPSA) is 90.7 Å². The van der Waals surface area contributed by atoms with Crippen molar-refractivity contribution in [3.63, 3.8) is 0 Å². The molecule has 6 nitrogen and oxygen atoms in total. The van der Waals surface area contributed by atoms with Crippen molar-refractivity contribution in [2.45, 2.75) is 37.6 Å². The van der Waals surface area contributed by atoms with Crippen LogP contribution in [0.15, 0.2) is 24.3 Å². The maximum Gasteiger partial charge on any atom is 0.424 e. The van der Waals surface area contributed by atoms with E-state index >= 15 is 0 Å². The predicted octanol–water partition coefficient (Wildman–Crippen LogP) is 2.76. The Morgan fingerprint density at radius 2 is 1.81 bits per heavy atom. The number of amides is 1. The van der Waals surface area contributed by atoms with Gasteiger partial charge in [-0.25, -0.2) is 9.78 Å². The lowest BCUT2D eigenvalue weighted by molar-refractivity contribution is -0.268. The van der Waals surface area contributed by atoms with Crippen LogP contribution in [0.3, 0.4) is 0 Å². The van der Waals surface area contributed by atoms with Gasteiger partial charge in [0.05, 0.1) is 16.6 Å². The lowest BCUT2D eigenvalue weighted by Crippen LogP contribution is -2.54. The summed E-state index contributed by atoms with van der Waals surface area (Å²) in [5.74, 6) is -2.56. The molecular formula is C16H17F3N2O4S. The molecule has 10 heteroatoms. The summed E-state index contributed by atoms with van der Waals surface area (Å²) >= 11 is 0.630. The molecule has 0 aliphatic carbocycles. The van der Waals surface area contributed by atoms with Crippen molar-refractivity contribution >= 4 is 33.4 Å². The number of alkyl halides is 3. The molecular weight excluding hydrogens is 373 g/mol. The number of hydrogen-bond donors (Lipinski definition) is 2. The smallest absolute Gasteiger partial charge is 0.424 e. The van der Waals surface area contributed by atoms with Crippen LogP contribution in [0, 0.1) is 0 Å². The van der Waals surface area contributed by atoms with Gasteiger partial charge in [0.25, 0.3) is 0 Å². The van der Waals surface area contributed by atoms with Crippen LogP contribution < -0.4 is 0 Å². The number of fused-ring (bicyclic) bond motifs is 1. The van der Waals surface area contributed by atoms with Gasteiger partial charge in [-0.2, -0.15) is 13.2 Å². The Morgan fingerprint density at radius 3 is 2.31 bits per heavy atom. The number of hydrogen-bond acceptors (Lipinski definition) is 5. The fourth-order valence-corrected chi connectivity index (χ4v) is 3.21. The molecule has 142 valence electrons. The number of thiazole rings is 1. The standard InChI is InChI=1S/C16H17F3N2O4S/c1-14(2,13(23)24)21(3)11(22)8-15(25,16(17,18)19)12-20-9-6-4-5-7-10(9)26-12/h4-7,25H,8H2,1-3H3,(H,23,24). The quantitative estimate of drug-likeness (QED) is 0.819. The molecule has 1 atom stereocenters. The maximum absolute atomic E-state index is 13.6. The Morgan fingerprint density at radius 1 is 1.23 bits per heavy atom. The minimum atomic E-state index is -5.18. The lowest BCUT2D eigenvalue weighted by atomic mass is 9.96. The summed E-state index contributed by atoms with van der Waals surface area (Å²) in [6, 6.07) is 6.25. The second-order valence-corrected chi connectivity index (χ2v) is 7.37. The largest absolute Gasteiger partial charge is 0.480 e. The van der Waals surface area contributed by atoms with Gasteiger partial charge in [-0.15, -0.1) is 11.3 Å². The zero-order valence-electron chi connectivity index (χ0n) is 14.2. The van der Waals surface area contributed by atoms with Crippen LogP contribution in [-0.2, 0) is 15.2 Å². The Balaban J connectivity index is 2.45. The second kappa shape index (κ2) is 6.51. The molecule has 2 rings (SSSR count). The van der Waals surface area contributed by atoms with Gasteiger partial charge in [0.2, 0.25) is 11.5 Å². The molecule has 0 fully saturated rings. The number of halogens is 3. The third-order valence-electron chi connectivity index (χ3n) is 4.26. The zero-order chi connectivity index (χ0) is 19.9. The first-order chi connectivity index (χ1) is 11.8. The van der Waals surface area contributed by atoms with E-state index in [0.29, 0.717) is 20.9 Å². The molecule has 26 heavy (non-hydrogen) atoms. The summed E-state index contributed by atoms with van der Waals surface area (Å²) in [4.78, 5) is 28.0. The lowest BCUT2D eigenvalue weighted by Gasteiger charge is -2.35. The Hall–Kier alpha value is -2.20. The maximum atomic E-state index is 13.6. The van der Waals surface area contributed by atoms with Crippen LogP contribution in [0.1, 0.15) is 25.3 Å². The fraction of sp³-hybridized carbons (Fsp3) is 0.438. The van der Waals surface area contributed by atoms with Gasteiger partial charge in [0.1, 0.15) is 10.5 Å². The van der Waals surface area contributed by atoms with Crippen molar-refractivity contribution in [1.29, 1.82) is 0 Å². The highest BCUT2D eigenvalue weighted by Crippen LogP contribution is 2.44. The van der Waals surface area contributed by atoms with Crippen molar-refractivity contribution in [3.05, 3.63) is 29.3 Å². The number of carbonyl (C=O) groups is 2. The number of benzene rings is 1. The van der Waals surface area contributed by atoms with E-state index < -0.39 is 40.6 Å². The normalized spacial score (nSPS) is 14.9. The van der Waals surface area contributed by atoms with Crippen molar-refractivity contribution < 1.29 is 33.0 Å². The highest BCUT2D eigenvalue weighted by atomic mass is 32.1. The van der Waals surface area contributed by atoms with Gasteiger partial charge in [-0.1, -0.05) is 12.1 Å². The molecule has 1 heterocycles. The van der Waals surface area contributed by atoms with E-state index in [4.69, 9.17) is 5.11 Å². The summed E-state index contributed by atoms with van der Waals surface area (Å²) in [5.41, 5.74) is -4.99. The van der Waals surface area contributed by atoms with E-state index in [0.717, 1.165) is 7.05 Å². The molecule has 0 saturated heterocycles. The average Bonchev–Trinajstić information content (AvgIpc) is 2.97. The molecule has 0 bridgehead atoms. The number of rotatable bonds is 5. The molecule has 1 aromatic heterocycles. The Kier molecular flexibility index (Phi) is 5.04. The van der Waals surface area contributed by atoms with Gasteiger partial charge in [0.15, 0.2) is 0 Å². The number of aliphatic carboxylic acids is 1. The zero-order valence-corrected chi connectivity index (χ0v) is 15.0. The molecule has 0 radical (unpaired) electrons. The summed E-state index contributed by atoms with van der Waals surface area (Å²) in [6.45, 7) is 2.36. The average molecular weight is 390 g/mol. The van der Waals surface area contributed by atoms with E-state index in [1.54, 1.807) is 18.2 Å². The molecule has 0 saturated carbocycles. The summed E-state index contributed by atoms with van der Waals surface area (Å²) < 4.78 is 41.3. The Bertz CT molecular complexity index is 816. The van der Waals surface area contributed by atoms with Crippen molar-refractivity contribution in [2.75, 3.05) is 7.05 Å². The highest BCUT2D eigenvalue weighted by Gasteiger charge is 2.59. The fourth-order valence-electron chi connectivity index (χ4n) is 2.14. The summed E-state index contributed by atoms with van der Waals surface area (Å²) in [7, 11) is 1.07. The van der Waals surface area contributed by atoms with Crippen molar-refractivity contribution in [3.8, 4) is 0 Å². The SMILES string of the molecule is CN(C(=O)CC(O)(c1nc2ccccc2s1)C(F)(F)F)C(C)(C)C(=O)O. The van der Waals surface area contributed by atoms with Gasteiger partial charge < -0.3 is 15.1 Å². The molecule has 1 aromatic carbocycles. The van der Waals surface area contributed by atoms with E-state index in [1.165, 1.54) is 19.9 Å². The van der Waals surface area contributed by atoms with Gasteiger partial charge in [0, 0.05) is 7.05 Å². The molecule has 1 amide bonds. The number of likely N-dealkylation sites (N-methyl/N-ethyl adjacent to an activating group) is 1. The molecule has 0 aliphatic rings.